The second-order valence-corrected chi connectivity index (χ2v) is 5.48. The molecule has 0 spiro atoms. The summed E-state index contributed by atoms with van der Waals surface area (Å²) in [6.07, 6.45) is -0.785. The Morgan fingerprint density at radius 2 is 1.74 bits per heavy atom. The summed E-state index contributed by atoms with van der Waals surface area (Å²) < 4.78 is 5.45. The maximum atomic E-state index is 12.0. The molecule has 2 rings (SSSR count). The van der Waals surface area contributed by atoms with E-state index in [1.54, 1.807) is 37.3 Å². The number of hydrazine groups is 1. The molecule has 0 bridgehead atoms. The van der Waals surface area contributed by atoms with E-state index in [-0.39, 0.29) is 10.6 Å². The Kier molecular flexibility index (Phi) is 5.84. The fraction of sp³-hybridized carbons (Fsp3) is 0.125. The zero-order valence-electron chi connectivity index (χ0n) is 12.2. The van der Waals surface area contributed by atoms with Gasteiger partial charge in [-0.1, -0.05) is 41.4 Å². The highest BCUT2D eigenvalue weighted by molar-refractivity contribution is 6.35. The molecule has 0 aromatic heterocycles. The second kappa shape index (κ2) is 7.85. The smallest absolute Gasteiger partial charge is 0.279 e. The van der Waals surface area contributed by atoms with Crippen LogP contribution in [0.5, 0.6) is 5.75 Å². The van der Waals surface area contributed by atoms with Crippen LogP contribution in [0, 0.1) is 0 Å². The average Bonchev–Trinajstić information content (AvgIpc) is 2.55. The molecule has 0 saturated heterocycles. The van der Waals surface area contributed by atoms with Crippen LogP contribution in [-0.2, 0) is 4.79 Å². The van der Waals surface area contributed by atoms with Crippen molar-refractivity contribution in [3.8, 4) is 5.75 Å². The van der Waals surface area contributed by atoms with Gasteiger partial charge in [0, 0.05) is 5.02 Å². The van der Waals surface area contributed by atoms with Crippen molar-refractivity contribution in [3.05, 3.63) is 64.1 Å². The van der Waals surface area contributed by atoms with E-state index < -0.39 is 17.9 Å². The number of carbonyl (C=O) groups is 2. The average molecular weight is 353 g/mol. The van der Waals surface area contributed by atoms with E-state index in [1.807, 2.05) is 6.07 Å². The van der Waals surface area contributed by atoms with Crippen LogP contribution >= 0.6 is 23.2 Å². The minimum absolute atomic E-state index is 0.163. The highest BCUT2D eigenvalue weighted by atomic mass is 35.5. The first kappa shape index (κ1) is 17.1. The lowest BCUT2D eigenvalue weighted by Crippen LogP contribution is -2.47. The monoisotopic (exact) mass is 352 g/mol. The van der Waals surface area contributed by atoms with Gasteiger partial charge in [-0.3, -0.25) is 20.4 Å². The van der Waals surface area contributed by atoms with Crippen LogP contribution in [0.1, 0.15) is 17.3 Å². The molecule has 0 radical (unpaired) electrons. The number of carbonyl (C=O) groups excluding carboxylic acids is 2. The summed E-state index contributed by atoms with van der Waals surface area (Å²) in [6, 6.07) is 13.4. The van der Waals surface area contributed by atoms with Crippen molar-refractivity contribution in [2.24, 2.45) is 0 Å². The van der Waals surface area contributed by atoms with Gasteiger partial charge in [0.2, 0.25) is 0 Å². The molecule has 1 unspecified atom stereocenters. The second-order valence-electron chi connectivity index (χ2n) is 4.64. The number of benzene rings is 2. The Hall–Kier alpha value is -2.24. The van der Waals surface area contributed by atoms with E-state index >= 15 is 0 Å². The first-order valence-corrected chi connectivity index (χ1v) is 7.50. The van der Waals surface area contributed by atoms with Crippen LogP contribution in [0.25, 0.3) is 0 Å². The molecule has 0 aliphatic heterocycles. The maximum Gasteiger partial charge on any atom is 0.279 e. The van der Waals surface area contributed by atoms with Crippen molar-refractivity contribution in [2.75, 3.05) is 0 Å². The Balaban J connectivity index is 1.90. The van der Waals surface area contributed by atoms with Gasteiger partial charge in [0.25, 0.3) is 11.8 Å². The third-order valence-corrected chi connectivity index (χ3v) is 3.46. The van der Waals surface area contributed by atoms with Crippen LogP contribution in [0.15, 0.2) is 48.5 Å². The summed E-state index contributed by atoms with van der Waals surface area (Å²) in [4.78, 5) is 23.9. The van der Waals surface area contributed by atoms with Crippen molar-refractivity contribution in [3.63, 3.8) is 0 Å². The van der Waals surface area contributed by atoms with Crippen LogP contribution in [0.4, 0.5) is 0 Å². The number of ether oxygens (including phenoxy) is 1. The Morgan fingerprint density at radius 3 is 2.43 bits per heavy atom. The molecule has 2 amide bonds. The first-order valence-electron chi connectivity index (χ1n) is 6.74. The fourth-order valence-corrected chi connectivity index (χ4v) is 2.09. The minimum atomic E-state index is -0.785. The largest absolute Gasteiger partial charge is 0.481 e. The van der Waals surface area contributed by atoms with E-state index in [0.29, 0.717) is 10.8 Å². The third kappa shape index (κ3) is 4.87. The highest BCUT2D eigenvalue weighted by Crippen LogP contribution is 2.20. The zero-order chi connectivity index (χ0) is 16.8. The molecule has 0 aliphatic carbocycles. The number of hydrogen-bond donors (Lipinski definition) is 2. The number of nitrogens with one attached hydrogen (secondary N) is 2. The Morgan fingerprint density at radius 1 is 1.04 bits per heavy atom. The molecule has 1 atom stereocenters. The number of rotatable bonds is 4. The van der Waals surface area contributed by atoms with Gasteiger partial charge in [0.15, 0.2) is 6.10 Å². The number of hydrogen-bond acceptors (Lipinski definition) is 3. The van der Waals surface area contributed by atoms with Crippen LogP contribution < -0.4 is 15.6 Å². The molecule has 2 aromatic rings. The van der Waals surface area contributed by atoms with E-state index in [0.717, 1.165) is 0 Å². The molecule has 0 saturated carbocycles. The molecule has 120 valence electrons. The van der Waals surface area contributed by atoms with E-state index in [2.05, 4.69) is 10.9 Å². The van der Waals surface area contributed by atoms with Gasteiger partial charge in [-0.15, -0.1) is 0 Å². The summed E-state index contributed by atoms with van der Waals surface area (Å²) in [5, 5.41) is 0.599. The molecular weight excluding hydrogens is 339 g/mol. The number of halogens is 2. The summed E-state index contributed by atoms with van der Waals surface area (Å²) in [5.41, 5.74) is 4.72. The lowest BCUT2D eigenvalue weighted by atomic mass is 10.2. The SMILES string of the molecule is CC(Oc1ccccc1)C(=O)NNC(=O)c1cc(Cl)ccc1Cl. The van der Waals surface area contributed by atoms with Crippen molar-refractivity contribution in [1.29, 1.82) is 0 Å². The molecule has 5 nitrogen and oxygen atoms in total. The molecule has 2 N–H and O–H groups in total. The maximum absolute atomic E-state index is 12.0. The van der Waals surface area contributed by atoms with Gasteiger partial charge >= 0.3 is 0 Å². The highest BCUT2D eigenvalue weighted by Gasteiger charge is 2.17. The topological polar surface area (TPSA) is 67.4 Å². The summed E-state index contributed by atoms with van der Waals surface area (Å²) in [7, 11) is 0. The summed E-state index contributed by atoms with van der Waals surface area (Å²) in [5.74, 6) is -0.516. The van der Waals surface area contributed by atoms with Gasteiger partial charge in [0.05, 0.1) is 10.6 Å². The zero-order valence-corrected chi connectivity index (χ0v) is 13.7. The van der Waals surface area contributed by atoms with Gasteiger partial charge in [0.1, 0.15) is 5.75 Å². The fourth-order valence-electron chi connectivity index (χ4n) is 1.72. The standard InChI is InChI=1S/C16H14Cl2N2O3/c1-10(23-12-5-3-2-4-6-12)15(21)19-20-16(22)13-9-11(17)7-8-14(13)18/h2-10H,1H3,(H,19,21)(H,20,22). The van der Waals surface area contributed by atoms with E-state index in [9.17, 15) is 9.59 Å². The van der Waals surface area contributed by atoms with Crippen LogP contribution in [0.2, 0.25) is 10.0 Å². The summed E-state index contributed by atoms with van der Waals surface area (Å²) >= 11 is 11.7. The molecule has 0 aliphatic rings. The van der Waals surface area contributed by atoms with Gasteiger partial charge in [-0.05, 0) is 37.3 Å². The first-order chi connectivity index (χ1) is 11.0. The lowest BCUT2D eigenvalue weighted by Gasteiger charge is -2.15. The third-order valence-electron chi connectivity index (χ3n) is 2.90. The van der Waals surface area contributed by atoms with Crippen molar-refractivity contribution >= 4 is 35.0 Å². The quantitative estimate of drug-likeness (QED) is 0.830. The van der Waals surface area contributed by atoms with Gasteiger partial charge in [-0.2, -0.15) is 0 Å². The molecule has 0 heterocycles. The minimum Gasteiger partial charge on any atom is -0.481 e. The molecule has 2 aromatic carbocycles. The number of para-hydroxylation sites is 1. The van der Waals surface area contributed by atoms with Crippen LogP contribution in [0.3, 0.4) is 0 Å². The van der Waals surface area contributed by atoms with E-state index in [1.165, 1.54) is 12.1 Å². The van der Waals surface area contributed by atoms with Gasteiger partial charge < -0.3 is 4.74 Å². The molecule has 0 fully saturated rings. The van der Waals surface area contributed by atoms with Gasteiger partial charge in [-0.25, -0.2) is 0 Å². The Bertz CT molecular complexity index is 708. The van der Waals surface area contributed by atoms with Crippen LogP contribution in [-0.4, -0.2) is 17.9 Å². The number of amides is 2. The molecule has 23 heavy (non-hydrogen) atoms. The normalized spacial score (nSPS) is 11.4. The molecular formula is C16H14Cl2N2O3. The predicted molar refractivity (Wildman–Crippen MR) is 88.6 cm³/mol. The lowest BCUT2D eigenvalue weighted by molar-refractivity contribution is -0.128. The van der Waals surface area contributed by atoms with E-state index in [4.69, 9.17) is 27.9 Å². The van der Waals surface area contributed by atoms with Crippen molar-refractivity contribution in [2.45, 2.75) is 13.0 Å². The molecule has 7 heteroatoms. The predicted octanol–water partition coefficient (Wildman–Crippen LogP) is 3.22. The summed E-state index contributed by atoms with van der Waals surface area (Å²) in [6.45, 7) is 1.57. The Labute approximate surface area is 143 Å². The van der Waals surface area contributed by atoms with Crippen molar-refractivity contribution in [1.82, 2.24) is 10.9 Å². The van der Waals surface area contributed by atoms with Crippen molar-refractivity contribution < 1.29 is 14.3 Å².